The van der Waals surface area contributed by atoms with E-state index >= 15 is 0 Å². The Morgan fingerprint density at radius 2 is 1.80 bits per heavy atom. The minimum atomic E-state index is -4.64. The van der Waals surface area contributed by atoms with Crippen molar-refractivity contribution in [1.82, 2.24) is 5.32 Å². The van der Waals surface area contributed by atoms with Crippen LogP contribution in [0.25, 0.3) is 0 Å². The molecule has 0 saturated heterocycles. The van der Waals surface area contributed by atoms with Gasteiger partial charge in [-0.05, 0) is 13.8 Å². The molecule has 0 aliphatic carbocycles. The molecule has 0 aromatic rings. The highest BCUT2D eigenvalue weighted by Crippen LogP contribution is 2.06. The molecule has 0 heterocycles. The molecule has 0 spiro atoms. The number of quaternary nitrogens is 1. The van der Waals surface area contributed by atoms with Gasteiger partial charge in [0.1, 0.15) is 13.2 Å². The van der Waals surface area contributed by atoms with E-state index in [1.807, 2.05) is 27.7 Å². The third-order valence-corrected chi connectivity index (χ3v) is 4.00. The van der Waals surface area contributed by atoms with E-state index in [0.29, 0.717) is 24.1 Å². The van der Waals surface area contributed by atoms with Crippen LogP contribution in [0.15, 0.2) is 0 Å². The third kappa shape index (κ3) is 7.78. The molecule has 0 radical (unpaired) electrons. The van der Waals surface area contributed by atoms with Crippen molar-refractivity contribution in [2.45, 2.75) is 27.7 Å². The first-order valence-corrected chi connectivity index (χ1v) is 8.22. The first-order chi connectivity index (χ1) is 9.16. The molecule has 1 amide bonds. The topological polar surface area (TPSA) is 95.5 Å². The normalized spacial score (nSPS) is 12.7. The Balaban J connectivity index is 4.34. The van der Waals surface area contributed by atoms with Crippen LogP contribution in [-0.4, -0.2) is 62.7 Å². The summed E-state index contributed by atoms with van der Waals surface area (Å²) in [5.74, 6) is -0.0669. The second kappa shape index (κ2) is 8.56. The van der Waals surface area contributed by atoms with Gasteiger partial charge in [-0.2, -0.15) is 0 Å². The maximum absolute atomic E-state index is 11.5. The van der Waals surface area contributed by atoms with Crippen LogP contribution < -0.4 is 5.32 Å². The summed E-state index contributed by atoms with van der Waals surface area (Å²) in [5, 5.41) is 2.84. The van der Waals surface area contributed by atoms with E-state index in [1.165, 1.54) is 0 Å². The Morgan fingerprint density at radius 1 is 1.25 bits per heavy atom. The number of carbonyl (C=O) groups excluding carboxylic acids is 1. The molecule has 8 heteroatoms. The number of nitrogens with zero attached hydrogens (tertiary/aromatic N) is 1. The zero-order valence-corrected chi connectivity index (χ0v) is 13.5. The number of carbonyl (C=O) groups is 1. The maximum Gasteiger partial charge on any atom is 0.222 e. The fourth-order valence-electron chi connectivity index (χ4n) is 1.92. The van der Waals surface area contributed by atoms with Crippen molar-refractivity contribution in [2.75, 3.05) is 39.3 Å². The fraction of sp³-hybridized carbons (Fsp3) is 0.917. The lowest BCUT2D eigenvalue weighted by Crippen LogP contribution is -2.53. The van der Waals surface area contributed by atoms with Gasteiger partial charge >= 0.3 is 0 Å². The predicted octanol–water partition coefficient (Wildman–Crippen LogP) is 0.0920. The zero-order valence-electron chi connectivity index (χ0n) is 12.7. The summed E-state index contributed by atoms with van der Waals surface area (Å²) in [6.45, 7) is 10.6. The summed E-state index contributed by atoms with van der Waals surface area (Å²) in [7, 11) is -4.64. The van der Waals surface area contributed by atoms with Gasteiger partial charge in [-0.25, -0.2) is 8.42 Å². The van der Waals surface area contributed by atoms with Crippen molar-refractivity contribution in [1.29, 1.82) is 0 Å². The zero-order chi connectivity index (χ0) is 15.8. The molecule has 20 heavy (non-hydrogen) atoms. The molecule has 0 aromatic heterocycles. The first kappa shape index (κ1) is 19.3. The number of rotatable bonds is 10. The van der Waals surface area contributed by atoms with Crippen LogP contribution in [-0.2, 0) is 19.4 Å². The molecule has 0 aliphatic heterocycles. The Kier molecular flexibility index (Phi) is 8.26. The van der Waals surface area contributed by atoms with Gasteiger partial charge in [-0.15, -0.1) is 0 Å². The molecule has 0 aliphatic rings. The van der Waals surface area contributed by atoms with E-state index < -0.39 is 10.4 Å². The van der Waals surface area contributed by atoms with Gasteiger partial charge in [0.25, 0.3) is 0 Å². The van der Waals surface area contributed by atoms with Gasteiger partial charge < -0.3 is 14.4 Å². The van der Waals surface area contributed by atoms with Crippen molar-refractivity contribution < 1.29 is 26.4 Å². The van der Waals surface area contributed by atoms with Crippen LogP contribution in [0, 0.1) is 5.92 Å². The summed E-state index contributed by atoms with van der Waals surface area (Å²) >= 11 is 0. The van der Waals surface area contributed by atoms with Crippen LogP contribution >= 0.6 is 0 Å². The molecule has 0 rings (SSSR count). The smallest absolute Gasteiger partial charge is 0.222 e. The highest BCUT2D eigenvalue weighted by Gasteiger charge is 2.23. The van der Waals surface area contributed by atoms with Gasteiger partial charge in [0, 0.05) is 5.92 Å². The standard InChI is InChI=1S/C12H26N2O5S/c1-5-14(6-2,9-10-19-20(16,17)18)8-7-13-12(15)11(3)4/h11H,5-10H2,1-4H3,(H-,13,15,16,17,18). The highest BCUT2D eigenvalue weighted by molar-refractivity contribution is 7.80. The SMILES string of the molecule is CC[N+](CC)(CCNC(=O)C(C)C)CCOS(=O)(=O)[O-]. The predicted molar refractivity (Wildman–Crippen MR) is 74.6 cm³/mol. The summed E-state index contributed by atoms with van der Waals surface area (Å²) in [5.41, 5.74) is 0. The van der Waals surface area contributed by atoms with Crippen LogP contribution in [0.5, 0.6) is 0 Å². The minimum absolute atomic E-state index is 0.00584. The molecule has 7 nitrogen and oxygen atoms in total. The monoisotopic (exact) mass is 310 g/mol. The summed E-state index contributed by atoms with van der Waals surface area (Å²) in [6, 6.07) is 0. The van der Waals surface area contributed by atoms with Crippen LogP contribution in [0.2, 0.25) is 0 Å². The van der Waals surface area contributed by atoms with E-state index in [0.717, 1.165) is 13.1 Å². The Labute approximate surface area is 121 Å². The summed E-state index contributed by atoms with van der Waals surface area (Å²) in [6.07, 6.45) is 0. The van der Waals surface area contributed by atoms with Gasteiger partial charge in [0.15, 0.2) is 0 Å². The first-order valence-electron chi connectivity index (χ1n) is 6.89. The number of likely N-dealkylation sites (N-methyl/N-ethyl adjacent to an activating group) is 1. The van der Waals surface area contributed by atoms with Crippen molar-refractivity contribution in [2.24, 2.45) is 5.92 Å². The lowest BCUT2D eigenvalue weighted by molar-refractivity contribution is -0.923. The van der Waals surface area contributed by atoms with E-state index in [9.17, 15) is 17.8 Å². The molecular weight excluding hydrogens is 284 g/mol. The van der Waals surface area contributed by atoms with Gasteiger partial charge in [-0.3, -0.25) is 8.98 Å². The van der Waals surface area contributed by atoms with Crippen molar-refractivity contribution in [3.63, 3.8) is 0 Å². The van der Waals surface area contributed by atoms with Crippen molar-refractivity contribution in [3.05, 3.63) is 0 Å². The fourth-order valence-corrected chi connectivity index (χ4v) is 2.20. The quantitative estimate of drug-likeness (QED) is 0.350. The lowest BCUT2D eigenvalue weighted by Gasteiger charge is -2.37. The molecule has 0 aromatic carbocycles. The summed E-state index contributed by atoms with van der Waals surface area (Å²) in [4.78, 5) is 11.5. The molecule has 0 unspecified atom stereocenters. The molecule has 120 valence electrons. The average Bonchev–Trinajstić information content (AvgIpc) is 2.35. The second-order valence-electron chi connectivity index (χ2n) is 5.10. The summed E-state index contributed by atoms with van der Waals surface area (Å²) < 4.78 is 36.2. The largest absolute Gasteiger partial charge is 0.726 e. The van der Waals surface area contributed by atoms with Gasteiger partial charge in [0.2, 0.25) is 16.3 Å². The third-order valence-electron chi connectivity index (χ3n) is 3.54. The number of hydrogen-bond donors (Lipinski definition) is 1. The van der Waals surface area contributed by atoms with Crippen molar-refractivity contribution >= 4 is 16.3 Å². The molecule has 1 N–H and O–H groups in total. The molecular formula is C12H26N2O5S. The van der Waals surface area contributed by atoms with Crippen molar-refractivity contribution in [3.8, 4) is 0 Å². The Morgan fingerprint density at radius 3 is 2.20 bits per heavy atom. The average molecular weight is 310 g/mol. The lowest BCUT2D eigenvalue weighted by atomic mass is 10.2. The molecule has 0 saturated carbocycles. The van der Waals surface area contributed by atoms with E-state index in [1.54, 1.807) is 0 Å². The number of amides is 1. The van der Waals surface area contributed by atoms with E-state index in [-0.39, 0.29) is 18.4 Å². The highest BCUT2D eigenvalue weighted by atomic mass is 32.3. The number of hydrogen-bond acceptors (Lipinski definition) is 5. The van der Waals surface area contributed by atoms with Crippen LogP contribution in [0.3, 0.4) is 0 Å². The molecule has 0 bridgehead atoms. The number of nitrogens with one attached hydrogen (secondary N) is 1. The second-order valence-corrected chi connectivity index (χ2v) is 6.15. The molecule has 0 fully saturated rings. The maximum atomic E-state index is 11.5. The van der Waals surface area contributed by atoms with Crippen LogP contribution in [0.4, 0.5) is 0 Å². The minimum Gasteiger partial charge on any atom is -0.726 e. The van der Waals surface area contributed by atoms with E-state index in [2.05, 4.69) is 9.50 Å². The van der Waals surface area contributed by atoms with Gasteiger partial charge in [-0.1, -0.05) is 13.8 Å². The van der Waals surface area contributed by atoms with Crippen LogP contribution in [0.1, 0.15) is 27.7 Å². The Hall–Kier alpha value is -0.700. The van der Waals surface area contributed by atoms with E-state index in [4.69, 9.17) is 0 Å². The Bertz CT molecular complexity index is 391. The van der Waals surface area contributed by atoms with Gasteiger partial charge in [0.05, 0.1) is 26.2 Å². The molecule has 0 atom stereocenters.